The highest BCUT2D eigenvalue weighted by Crippen LogP contribution is 2.20. The third-order valence-corrected chi connectivity index (χ3v) is 3.17. The van der Waals surface area contributed by atoms with Crippen LogP contribution in [0.25, 0.3) is 0 Å². The standard InChI is InChI=1S/C16H18N2O4/c1-9-5-10(2)18-16(21-4)13(9)8-17-15(20)14-7-12(19)6-11(3)22-14/h5-7H,8H2,1-4H3,(H,17,20). The number of hydrogen-bond donors (Lipinski definition) is 1. The Bertz CT molecular complexity index is 765. The maximum Gasteiger partial charge on any atom is 0.287 e. The number of methoxy groups -OCH3 is 1. The van der Waals surface area contributed by atoms with Crippen LogP contribution < -0.4 is 15.5 Å². The first-order valence-electron chi connectivity index (χ1n) is 6.82. The van der Waals surface area contributed by atoms with Gasteiger partial charge in [0.2, 0.25) is 5.88 Å². The van der Waals surface area contributed by atoms with Crippen molar-refractivity contribution in [1.82, 2.24) is 10.3 Å². The molecule has 0 spiro atoms. The zero-order valence-electron chi connectivity index (χ0n) is 13.0. The lowest BCUT2D eigenvalue weighted by Crippen LogP contribution is -2.25. The minimum absolute atomic E-state index is 0.0123. The SMILES string of the molecule is COc1nc(C)cc(C)c1CNC(=O)c1cc(=O)cc(C)o1. The van der Waals surface area contributed by atoms with Gasteiger partial charge in [0.15, 0.2) is 11.2 Å². The van der Waals surface area contributed by atoms with E-state index < -0.39 is 5.91 Å². The molecule has 0 fully saturated rings. The third-order valence-electron chi connectivity index (χ3n) is 3.17. The van der Waals surface area contributed by atoms with Crippen LogP contribution in [-0.4, -0.2) is 18.0 Å². The Hall–Kier alpha value is -2.63. The molecule has 1 N–H and O–H groups in total. The van der Waals surface area contributed by atoms with Gasteiger partial charge in [0.25, 0.3) is 5.91 Å². The molecule has 2 aromatic heterocycles. The second-order valence-corrected chi connectivity index (χ2v) is 5.02. The predicted octanol–water partition coefficient (Wildman–Crippen LogP) is 1.90. The maximum absolute atomic E-state index is 12.1. The van der Waals surface area contributed by atoms with E-state index in [1.807, 2.05) is 19.9 Å². The Labute approximate surface area is 128 Å². The van der Waals surface area contributed by atoms with E-state index >= 15 is 0 Å². The Morgan fingerprint density at radius 3 is 2.64 bits per heavy atom. The van der Waals surface area contributed by atoms with Crippen molar-refractivity contribution < 1.29 is 13.9 Å². The monoisotopic (exact) mass is 302 g/mol. The highest BCUT2D eigenvalue weighted by atomic mass is 16.5. The number of carbonyl (C=O) groups excluding carboxylic acids is 1. The molecule has 0 aliphatic heterocycles. The lowest BCUT2D eigenvalue weighted by molar-refractivity contribution is 0.0918. The van der Waals surface area contributed by atoms with Crippen molar-refractivity contribution in [3.8, 4) is 5.88 Å². The second-order valence-electron chi connectivity index (χ2n) is 5.02. The van der Waals surface area contributed by atoms with E-state index in [4.69, 9.17) is 9.15 Å². The molecule has 6 nitrogen and oxygen atoms in total. The molecule has 0 aliphatic carbocycles. The van der Waals surface area contributed by atoms with Crippen LogP contribution in [0.15, 0.2) is 27.4 Å². The van der Waals surface area contributed by atoms with Crippen molar-refractivity contribution in [3.63, 3.8) is 0 Å². The zero-order chi connectivity index (χ0) is 16.3. The summed E-state index contributed by atoms with van der Waals surface area (Å²) in [5, 5.41) is 2.71. The average Bonchev–Trinajstić information content (AvgIpc) is 2.44. The summed E-state index contributed by atoms with van der Waals surface area (Å²) in [7, 11) is 1.53. The number of aryl methyl sites for hydroxylation is 3. The molecule has 0 radical (unpaired) electrons. The molecule has 2 rings (SSSR count). The van der Waals surface area contributed by atoms with Gasteiger partial charge in [-0.3, -0.25) is 9.59 Å². The molecular weight excluding hydrogens is 284 g/mol. The summed E-state index contributed by atoms with van der Waals surface area (Å²) in [5.41, 5.74) is 2.33. The quantitative estimate of drug-likeness (QED) is 0.933. The van der Waals surface area contributed by atoms with Crippen molar-refractivity contribution in [2.45, 2.75) is 27.3 Å². The Morgan fingerprint density at radius 1 is 1.27 bits per heavy atom. The number of carbonyl (C=O) groups is 1. The summed E-state index contributed by atoms with van der Waals surface area (Å²) in [6.07, 6.45) is 0. The fourth-order valence-electron chi connectivity index (χ4n) is 2.18. The summed E-state index contributed by atoms with van der Waals surface area (Å²) < 4.78 is 10.5. The van der Waals surface area contributed by atoms with Gasteiger partial charge < -0.3 is 14.5 Å². The lowest BCUT2D eigenvalue weighted by Gasteiger charge is -2.12. The Morgan fingerprint density at radius 2 is 2.00 bits per heavy atom. The fourth-order valence-corrected chi connectivity index (χ4v) is 2.18. The molecule has 22 heavy (non-hydrogen) atoms. The van der Waals surface area contributed by atoms with Crippen LogP contribution >= 0.6 is 0 Å². The van der Waals surface area contributed by atoms with Crippen molar-refractivity contribution in [1.29, 1.82) is 0 Å². The Balaban J connectivity index is 2.19. The average molecular weight is 302 g/mol. The highest BCUT2D eigenvalue weighted by Gasteiger charge is 2.14. The van der Waals surface area contributed by atoms with E-state index in [0.29, 0.717) is 11.6 Å². The summed E-state index contributed by atoms with van der Waals surface area (Å²) >= 11 is 0. The van der Waals surface area contributed by atoms with Gasteiger partial charge in [-0.2, -0.15) is 0 Å². The molecule has 6 heteroatoms. The van der Waals surface area contributed by atoms with E-state index in [9.17, 15) is 9.59 Å². The Kier molecular flexibility index (Phi) is 4.60. The zero-order valence-corrected chi connectivity index (χ0v) is 13.0. The first-order chi connectivity index (χ1) is 10.4. The molecule has 0 aromatic carbocycles. The van der Waals surface area contributed by atoms with Gasteiger partial charge in [-0.15, -0.1) is 0 Å². The number of nitrogens with one attached hydrogen (secondary N) is 1. The van der Waals surface area contributed by atoms with Gasteiger partial charge in [-0.25, -0.2) is 4.98 Å². The van der Waals surface area contributed by atoms with Crippen molar-refractivity contribution >= 4 is 5.91 Å². The molecule has 0 unspecified atom stereocenters. The van der Waals surface area contributed by atoms with E-state index in [1.54, 1.807) is 6.92 Å². The summed E-state index contributed by atoms with van der Waals surface area (Å²) in [6, 6.07) is 4.41. The summed E-state index contributed by atoms with van der Waals surface area (Å²) in [4.78, 5) is 27.8. The van der Waals surface area contributed by atoms with Gasteiger partial charge in [-0.1, -0.05) is 0 Å². The smallest absolute Gasteiger partial charge is 0.287 e. The number of hydrogen-bond acceptors (Lipinski definition) is 5. The van der Waals surface area contributed by atoms with Crippen molar-refractivity contribution in [2.75, 3.05) is 7.11 Å². The number of amides is 1. The molecule has 0 saturated carbocycles. The van der Waals surface area contributed by atoms with Gasteiger partial charge in [0.05, 0.1) is 7.11 Å². The number of rotatable bonds is 4. The minimum Gasteiger partial charge on any atom is -0.481 e. The van der Waals surface area contributed by atoms with E-state index in [1.165, 1.54) is 19.2 Å². The van der Waals surface area contributed by atoms with Crippen LogP contribution in [0, 0.1) is 20.8 Å². The lowest BCUT2D eigenvalue weighted by atomic mass is 10.1. The topological polar surface area (TPSA) is 81.4 Å². The van der Waals surface area contributed by atoms with Gasteiger partial charge in [0, 0.05) is 29.9 Å². The van der Waals surface area contributed by atoms with E-state index in [-0.39, 0.29) is 17.7 Å². The highest BCUT2D eigenvalue weighted by molar-refractivity contribution is 5.91. The van der Waals surface area contributed by atoms with Crippen LogP contribution in [0.5, 0.6) is 5.88 Å². The molecule has 2 heterocycles. The molecule has 116 valence electrons. The second kappa shape index (κ2) is 6.43. The number of aromatic nitrogens is 1. The van der Waals surface area contributed by atoms with Crippen LogP contribution in [0.4, 0.5) is 0 Å². The maximum atomic E-state index is 12.1. The molecule has 0 atom stereocenters. The fraction of sp³-hybridized carbons (Fsp3) is 0.312. The molecular formula is C16H18N2O4. The molecule has 0 bridgehead atoms. The van der Waals surface area contributed by atoms with Crippen LogP contribution in [0.1, 0.15) is 33.1 Å². The van der Waals surface area contributed by atoms with Crippen LogP contribution in [0.2, 0.25) is 0 Å². The van der Waals surface area contributed by atoms with Gasteiger partial charge >= 0.3 is 0 Å². The van der Waals surface area contributed by atoms with Crippen LogP contribution in [0.3, 0.4) is 0 Å². The van der Waals surface area contributed by atoms with Gasteiger partial charge in [-0.05, 0) is 32.4 Å². The van der Waals surface area contributed by atoms with E-state index in [0.717, 1.165) is 16.8 Å². The summed E-state index contributed by atoms with van der Waals surface area (Å²) in [6.45, 7) is 5.65. The predicted molar refractivity (Wildman–Crippen MR) is 81.1 cm³/mol. The normalized spacial score (nSPS) is 10.4. The molecule has 0 aliphatic rings. The third kappa shape index (κ3) is 3.52. The largest absolute Gasteiger partial charge is 0.481 e. The molecule has 2 aromatic rings. The van der Waals surface area contributed by atoms with Gasteiger partial charge in [0.1, 0.15) is 5.76 Å². The molecule has 1 amide bonds. The number of nitrogens with zero attached hydrogens (tertiary/aromatic N) is 1. The van der Waals surface area contributed by atoms with Crippen molar-refractivity contribution in [2.24, 2.45) is 0 Å². The first kappa shape index (κ1) is 15.8. The number of ether oxygens (including phenoxy) is 1. The first-order valence-corrected chi connectivity index (χ1v) is 6.82. The van der Waals surface area contributed by atoms with E-state index in [2.05, 4.69) is 10.3 Å². The number of pyridine rings is 1. The van der Waals surface area contributed by atoms with Crippen LogP contribution in [-0.2, 0) is 6.54 Å². The minimum atomic E-state index is -0.456. The molecule has 0 saturated heterocycles. The summed E-state index contributed by atoms with van der Waals surface area (Å²) in [5.74, 6) is 0.399. The van der Waals surface area contributed by atoms with Crippen molar-refractivity contribution in [3.05, 3.63) is 56.8 Å².